The molecule has 3 rings (SSSR count). The zero-order chi connectivity index (χ0) is 17.0. The first-order valence-electron chi connectivity index (χ1n) is 8.01. The van der Waals surface area contributed by atoms with E-state index >= 15 is 0 Å². The molecule has 0 aliphatic carbocycles. The Hall–Kier alpha value is -2.18. The summed E-state index contributed by atoms with van der Waals surface area (Å²) in [5.41, 5.74) is 5.74. The average molecular weight is 333 g/mol. The van der Waals surface area contributed by atoms with Crippen LogP contribution in [0.2, 0.25) is 0 Å². The van der Waals surface area contributed by atoms with Gasteiger partial charge in [-0.25, -0.2) is 14.3 Å². The second kappa shape index (κ2) is 7.15. The quantitative estimate of drug-likeness (QED) is 0.720. The molecule has 2 aromatic rings. The highest BCUT2D eigenvalue weighted by atomic mass is 19.3. The summed E-state index contributed by atoms with van der Waals surface area (Å²) in [6.07, 6.45) is 0.493. The summed E-state index contributed by atoms with van der Waals surface area (Å²) in [5.74, 6) is -2.60. The second-order valence-corrected chi connectivity index (χ2v) is 6.08. The average Bonchev–Trinajstić information content (AvgIpc) is 2.57. The molecule has 0 unspecified atom stereocenters. The normalized spacial score (nSPS) is 16.9. The van der Waals surface area contributed by atoms with Crippen LogP contribution in [-0.4, -0.2) is 24.2 Å². The number of alkyl halides is 2. The zero-order valence-electron chi connectivity index (χ0n) is 13.3. The zero-order valence-corrected chi connectivity index (χ0v) is 13.3. The van der Waals surface area contributed by atoms with Gasteiger partial charge in [-0.15, -0.1) is 0 Å². The molecule has 1 heterocycles. The SMILES string of the molecule is ONCc1ccc(Nc2ccc(N3CCCC(F)(F)C3)cc2)cc1. The lowest BCUT2D eigenvalue weighted by Crippen LogP contribution is -2.42. The summed E-state index contributed by atoms with van der Waals surface area (Å²) >= 11 is 0. The molecule has 24 heavy (non-hydrogen) atoms. The third-order valence-electron chi connectivity index (χ3n) is 4.15. The van der Waals surface area contributed by atoms with E-state index in [4.69, 9.17) is 5.21 Å². The van der Waals surface area contributed by atoms with Crippen molar-refractivity contribution in [2.24, 2.45) is 0 Å². The van der Waals surface area contributed by atoms with Gasteiger partial charge in [-0.1, -0.05) is 12.1 Å². The van der Waals surface area contributed by atoms with Crippen molar-refractivity contribution in [3.63, 3.8) is 0 Å². The van der Waals surface area contributed by atoms with Gasteiger partial charge in [-0.05, 0) is 48.4 Å². The number of anilines is 3. The van der Waals surface area contributed by atoms with Crippen molar-refractivity contribution in [3.8, 4) is 0 Å². The largest absolute Gasteiger partial charge is 0.365 e. The van der Waals surface area contributed by atoms with Crippen LogP contribution >= 0.6 is 0 Å². The summed E-state index contributed by atoms with van der Waals surface area (Å²) in [6.45, 7) is 0.859. The van der Waals surface area contributed by atoms with Crippen molar-refractivity contribution in [2.45, 2.75) is 25.3 Å². The molecule has 0 radical (unpaired) electrons. The Labute approximate surface area is 140 Å². The number of nitrogens with one attached hydrogen (secondary N) is 2. The first-order chi connectivity index (χ1) is 11.6. The standard InChI is InChI=1S/C18H21F2N3O/c19-18(20)10-1-11-23(13-18)17-8-6-16(7-9-17)22-15-4-2-14(3-5-15)12-21-24/h2-9,21-22,24H,1,10-13H2. The van der Waals surface area contributed by atoms with Gasteiger partial charge in [0.05, 0.1) is 6.54 Å². The number of piperidine rings is 1. The molecular weight excluding hydrogens is 312 g/mol. The molecule has 0 amide bonds. The van der Waals surface area contributed by atoms with Gasteiger partial charge in [0.25, 0.3) is 5.92 Å². The fraction of sp³-hybridized carbons (Fsp3) is 0.333. The summed E-state index contributed by atoms with van der Waals surface area (Å²) in [6, 6.07) is 15.2. The van der Waals surface area contributed by atoms with Crippen molar-refractivity contribution < 1.29 is 14.0 Å². The van der Waals surface area contributed by atoms with Gasteiger partial charge < -0.3 is 15.4 Å². The molecule has 1 fully saturated rings. The van der Waals surface area contributed by atoms with E-state index in [1.165, 1.54) is 0 Å². The molecule has 1 aliphatic rings. The monoisotopic (exact) mass is 333 g/mol. The van der Waals surface area contributed by atoms with E-state index in [-0.39, 0.29) is 13.0 Å². The first-order valence-corrected chi connectivity index (χ1v) is 8.01. The molecular formula is C18H21F2N3O. The van der Waals surface area contributed by atoms with Gasteiger partial charge >= 0.3 is 0 Å². The van der Waals surface area contributed by atoms with E-state index in [0.717, 1.165) is 22.6 Å². The summed E-state index contributed by atoms with van der Waals surface area (Å²) in [7, 11) is 0. The first kappa shape index (κ1) is 16.7. The molecule has 0 spiro atoms. The van der Waals surface area contributed by atoms with E-state index < -0.39 is 5.92 Å². The topological polar surface area (TPSA) is 47.5 Å². The Balaban J connectivity index is 1.64. The maximum Gasteiger partial charge on any atom is 0.265 e. The van der Waals surface area contributed by atoms with E-state index in [0.29, 0.717) is 19.5 Å². The maximum absolute atomic E-state index is 13.5. The summed E-state index contributed by atoms with van der Waals surface area (Å²) < 4.78 is 27.0. The van der Waals surface area contributed by atoms with E-state index in [1.54, 1.807) is 4.90 Å². The predicted molar refractivity (Wildman–Crippen MR) is 91.2 cm³/mol. The minimum absolute atomic E-state index is 0.0229. The molecule has 1 aliphatic heterocycles. The van der Waals surface area contributed by atoms with Crippen molar-refractivity contribution >= 4 is 17.1 Å². The molecule has 128 valence electrons. The summed E-state index contributed by atoms with van der Waals surface area (Å²) in [4.78, 5) is 1.74. The minimum Gasteiger partial charge on any atom is -0.365 e. The van der Waals surface area contributed by atoms with Gasteiger partial charge in [0, 0.05) is 36.6 Å². The Morgan fingerprint density at radius 2 is 1.62 bits per heavy atom. The van der Waals surface area contributed by atoms with Gasteiger partial charge in [-0.2, -0.15) is 0 Å². The Kier molecular flexibility index (Phi) is 4.97. The molecule has 0 saturated carbocycles. The Bertz CT molecular complexity index is 659. The highest BCUT2D eigenvalue weighted by molar-refractivity contribution is 5.63. The molecule has 0 aromatic heterocycles. The van der Waals surface area contributed by atoms with Crippen LogP contribution in [0, 0.1) is 0 Å². The van der Waals surface area contributed by atoms with Gasteiger partial charge in [0.2, 0.25) is 0 Å². The van der Waals surface area contributed by atoms with Crippen LogP contribution in [0.3, 0.4) is 0 Å². The third-order valence-corrected chi connectivity index (χ3v) is 4.15. The number of nitrogens with zero attached hydrogens (tertiary/aromatic N) is 1. The van der Waals surface area contributed by atoms with Crippen LogP contribution in [0.5, 0.6) is 0 Å². The molecule has 6 heteroatoms. The highest BCUT2D eigenvalue weighted by Gasteiger charge is 2.35. The van der Waals surface area contributed by atoms with Crippen molar-refractivity contribution in [3.05, 3.63) is 54.1 Å². The third kappa shape index (κ3) is 4.21. The fourth-order valence-electron chi connectivity index (χ4n) is 2.91. The van der Waals surface area contributed by atoms with Crippen LogP contribution < -0.4 is 15.7 Å². The molecule has 3 N–H and O–H groups in total. The lowest BCUT2D eigenvalue weighted by Gasteiger charge is -2.34. The Morgan fingerprint density at radius 3 is 2.21 bits per heavy atom. The van der Waals surface area contributed by atoms with E-state index in [2.05, 4.69) is 10.8 Å². The summed E-state index contributed by atoms with van der Waals surface area (Å²) in [5, 5.41) is 11.9. The highest BCUT2D eigenvalue weighted by Crippen LogP contribution is 2.30. The van der Waals surface area contributed by atoms with Crippen LogP contribution in [0.25, 0.3) is 0 Å². The smallest absolute Gasteiger partial charge is 0.265 e. The van der Waals surface area contributed by atoms with Crippen LogP contribution in [-0.2, 0) is 6.54 Å². The van der Waals surface area contributed by atoms with E-state index in [9.17, 15) is 8.78 Å². The minimum atomic E-state index is -2.60. The van der Waals surface area contributed by atoms with Crippen molar-refractivity contribution in [2.75, 3.05) is 23.3 Å². The van der Waals surface area contributed by atoms with Crippen LogP contribution in [0.4, 0.5) is 25.8 Å². The van der Waals surface area contributed by atoms with Crippen molar-refractivity contribution in [1.29, 1.82) is 0 Å². The molecule has 4 nitrogen and oxygen atoms in total. The lowest BCUT2D eigenvalue weighted by atomic mass is 10.1. The number of hydroxylamine groups is 1. The van der Waals surface area contributed by atoms with Gasteiger partial charge in [0.15, 0.2) is 0 Å². The van der Waals surface area contributed by atoms with Crippen LogP contribution in [0.1, 0.15) is 18.4 Å². The Morgan fingerprint density at radius 1 is 1.00 bits per heavy atom. The maximum atomic E-state index is 13.5. The molecule has 0 atom stereocenters. The van der Waals surface area contributed by atoms with E-state index in [1.807, 2.05) is 48.5 Å². The number of rotatable bonds is 5. The van der Waals surface area contributed by atoms with Crippen molar-refractivity contribution in [1.82, 2.24) is 5.48 Å². The number of hydrogen-bond acceptors (Lipinski definition) is 4. The molecule has 2 aromatic carbocycles. The number of hydrogen-bond donors (Lipinski definition) is 3. The second-order valence-electron chi connectivity index (χ2n) is 6.08. The number of benzene rings is 2. The lowest BCUT2D eigenvalue weighted by molar-refractivity contribution is -0.0116. The van der Waals surface area contributed by atoms with Gasteiger partial charge in [0.1, 0.15) is 0 Å². The number of halogens is 2. The molecule has 1 saturated heterocycles. The van der Waals surface area contributed by atoms with Gasteiger partial charge in [-0.3, -0.25) is 0 Å². The fourth-order valence-corrected chi connectivity index (χ4v) is 2.91. The van der Waals surface area contributed by atoms with Crippen LogP contribution in [0.15, 0.2) is 48.5 Å². The molecule has 0 bridgehead atoms. The predicted octanol–water partition coefficient (Wildman–Crippen LogP) is 4.14.